The Kier molecular flexibility index (Phi) is 3.27. The molecule has 1 amide bonds. The van der Waals surface area contributed by atoms with Gasteiger partial charge in [-0.25, -0.2) is 9.97 Å². The first-order chi connectivity index (χ1) is 11.6. The summed E-state index contributed by atoms with van der Waals surface area (Å²) in [4.78, 5) is 25.8. The number of carbonyl (C=O) groups excluding carboxylic acids is 1. The molecule has 3 aromatic heterocycles. The number of nitrogens with zero attached hydrogens (tertiary/aromatic N) is 5. The molecule has 0 unspecified atom stereocenters. The zero-order chi connectivity index (χ0) is 16.7. The van der Waals surface area contributed by atoms with Crippen molar-refractivity contribution in [3.8, 4) is 6.07 Å². The number of fused-ring (bicyclic) bond motifs is 3. The van der Waals surface area contributed by atoms with Crippen LogP contribution in [0.5, 0.6) is 0 Å². The number of pyridine rings is 1. The molecule has 7 heteroatoms. The van der Waals surface area contributed by atoms with Gasteiger partial charge in [0.05, 0.1) is 24.1 Å². The molecular formula is C17H18N6O. The number of imidazole rings is 1. The van der Waals surface area contributed by atoms with E-state index in [-0.39, 0.29) is 17.9 Å². The smallest absolute Gasteiger partial charge is 0.236 e. The van der Waals surface area contributed by atoms with Gasteiger partial charge < -0.3 is 14.5 Å². The standard InChI is InChI=1S/C17H18N6O/c1-17(4-8-22(9-5-17)14(24)2-6-18)23-11-21-13-10-20-16-12(15(13)23)3-7-19-16/h3,7,10-11H,2,4-5,8-9H2,1H3,(H,19,20). The summed E-state index contributed by atoms with van der Waals surface area (Å²) < 4.78 is 2.23. The van der Waals surface area contributed by atoms with E-state index in [4.69, 9.17) is 5.26 Å². The van der Waals surface area contributed by atoms with Crippen LogP contribution in [0.2, 0.25) is 0 Å². The van der Waals surface area contributed by atoms with Crippen LogP contribution >= 0.6 is 0 Å². The van der Waals surface area contributed by atoms with E-state index in [1.807, 2.05) is 24.7 Å². The van der Waals surface area contributed by atoms with Gasteiger partial charge in [-0.1, -0.05) is 0 Å². The van der Waals surface area contributed by atoms with Crippen molar-refractivity contribution in [1.29, 1.82) is 5.26 Å². The van der Waals surface area contributed by atoms with Crippen molar-refractivity contribution in [2.75, 3.05) is 13.1 Å². The van der Waals surface area contributed by atoms with Crippen LogP contribution in [0.3, 0.4) is 0 Å². The van der Waals surface area contributed by atoms with E-state index in [9.17, 15) is 4.79 Å². The number of aromatic nitrogens is 4. The van der Waals surface area contributed by atoms with E-state index in [1.165, 1.54) is 0 Å². The van der Waals surface area contributed by atoms with E-state index >= 15 is 0 Å². The highest BCUT2D eigenvalue weighted by Gasteiger charge is 2.34. The van der Waals surface area contributed by atoms with Crippen LogP contribution in [0.15, 0.2) is 24.8 Å². The number of nitrogens with one attached hydrogen (secondary N) is 1. The van der Waals surface area contributed by atoms with Gasteiger partial charge in [-0.05, 0) is 25.8 Å². The summed E-state index contributed by atoms with van der Waals surface area (Å²) in [6.45, 7) is 3.54. The molecule has 1 N–H and O–H groups in total. The van der Waals surface area contributed by atoms with Crippen LogP contribution < -0.4 is 0 Å². The average molecular weight is 322 g/mol. The lowest BCUT2D eigenvalue weighted by Gasteiger charge is -2.40. The first kappa shape index (κ1) is 14.7. The lowest BCUT2D eigenvalue weighted by Crippen LogP contribution is -2.46. The Hall–Kier alpha value is -2.88. The van der Waals surface area contributed by atoms with Crippen molar-refractivity contribution in [2.24, 2.45) is 0 Å². The normalized spacial score (nSPS) is 17.2. The molecule has 1 aliphatic rings. The summed E-state index contributed by atoms with van der Waals surface area (Å²) in [6.07, 6.45) is 7.19. The van der Waals surface area contributed by atoms with Crippen LogP contribution in [0.4, 0.5) is 0 Å². The maximum absolute atomic E-state index is 11.9. The van der Waals surface area contributed by atoms with Gasteiger partial charge in [0.1, 0.15) is 17.6 Å². The van der Waals surface area contributed by atoms with E-state index in [0.717, 1.165) is 34.9 Å². The van der Waals surface area contributed by atoms with E-state index in [0.29, 0.717) is 13.1 Å². The van der Waals surface area contributed by atoms with Gasteiger partial charge in [-0.15, -0.1) is 0 Å². The Balaban J connectivity index is 1.69. The number of piperidine rings is 1. The second-order valence-electron chi connectivity index (χ2n) is 6.56. The molecule has 4 heterocycles. The molecule has 122 valence electrons. The third-order valence-electron chi connectivity index (χ3n) is 5.10. The van der Waals surface area contributed by atoms with Gasteiger partial charge in [0.2, 0.25) is 5.91 Å². The number of rotatable bonds is 2. The van der Waals surface area contributed by atoms with Gasteiger partial charge in [-0.2, -0.15) is 5.26 Å². The van der Waals surface area contributed by atoms with Crippen molar-refractivity contribution in [1.82, 2.24) is 24.4 Å². The van der Waals surface area contributed by atoms with Crippen LogP contribution in [-0.2, 0) is 10.3 Å². The number of carbonyl (C=O) groups is 1. The monoisotopic (exact) mass is 322 g/mol. The van der Waals surface area contributed by atoms with Crippen molar-refractivity contribution < 1.29 is 4.79 Å². The summed E-state index contributed by atoms with van der Waals surface area (Å²) in [5, 5.41) is 9.76. The SMILES string of the molecule is CC1(n2cnc3cnc4[nH]ccc4c32)CCN(C(=O)CC#N)CC1. The van der Waals surface area contributed by atoms with Crippen molar-refractivity contribution in [2.45, 2.75) is 31.7 Å². The molecule has 0 spiro atoms. The van der Waals surface area contributed by atoms with E-state index < -0.39 is 0 Å². The molecule has 0 saturated carbocycles. The highest BCUT2D eigenvalue weighted by molar-refractivity contribution is 6.01. The first-order valence-electron chi connectivity index (χ1n) is 8.07. The Morgan fingerprint density at radius 1 is 1.42 bits per heavy atom. The zero-order valence-electron chi connectivity index (χ0n) is 13.5. The Bertz CT molecular complexity index is 954. The average Bonchev–Trinajstić information content (AvgIpc) is 3.21. The summed E-state index contributed by atoms with van der Waals surface area (Å²) in [7, 11) is 0. The Morgan fingerprint density at radius 3 is 2.96 bits per heavy atom. The molecule has 1 fully saturated rings. The first-order valence-corrected chi connectivity index (χ1v) is 8.07. The van der Waals surface area contributed by atoms with Crippen molar-refractivity contribution >= 4 is 28.0 Å². The topological polar surface area (TPSA) is 90.6 Å². The number of nitriles is 1. The molecule has 1 aliphatic heterocycles. The van der Waals surface area contributed by atoms with Gasteiger partial charge >= 0.3 is 0 Å². The van der Waals surface area contributed by atoms with E-state index in [2.05, 4.69) is 26.4 Å². The summed E-state index contributed by atoms with van der Waals surface area (Å²) in [6, 6.07) is 3.96. The number of hydrogen-bond donors (Lipinski definition) is 1. The van der Waals surface area contributed by atoms with Gasteiger partial charge in [0.25, 0.3) is 0 Å². The lowest BCUT2D eigenvalue weighted by atomic mass is 9.89. The number of amides is 1. The summed E-state index contributed by atoms with van der Waals surface area (Å²) >= 11 is 0. The quantitative estimate of drug-likeness (QED) is 0.783. The molecule has 0 atom stereocenters. The minimum absolute atomic E-state index is 0.0413. The minimum atomic E-state index is -0.107. The summed E-state index contributed by atoms with van der Waals surface area (Å²) in [5.74, 6) is -0.0766. The fraction of sp³-hybridized carbons (Fsp3) is 0.412. The molecule has 3 aromatic rings. The molecule has 7 nitrogen and oxygen atoms in total. The van der Waals surface area contributed by atoms with Gasteiger partial charge in [0.15, 0.2) is 0 Å². The number of H-pyrrole nitrogens is 1. The van der Waals surface area contributed by atoms with Crippen LogP contribution in [-0.4, -0.2) is 43.4 Å². The number of aromatic amines is 1. The lowest BCUT2D eigenvalue weighted by molar-refractivity contribution is -0.132. The maximum Gasteiger partial charge on any atom is 0.236 e. The molecule has 1 saturated heterocycles. The predicted octanol–water partition coefficient (Wildman–Crippen LogP) is 2.16. The van der Waals surface area contributed by atoms with Gasteiger partial charge in [-0.3, -0.25) is 4.79 Å². The fourth-order valence-corrected chi connectivity index (χ4v) is 3.58. The largest absolute Gasteiger partial charge is 0.346 e. The van der Waals surface area contributed by atoms with Crippen molar-refractivity contribution in [3.63, 3.8) is 0 Å². The summed E-state index contributed by atoms with van der Waals surface area (Å²) in [5.41, 5.74) is 2.71. The molecule has 24 heavy (non-hydrogen) atoms. The second kappa shape index (κ2) is 5.34. The number of hydrogen-bond acceptors (Lipinski definition) is 4. The highest BCUT2D eigenvalue weighted by atomic mass is 16.2. The fourth-order valence-electron chi connectivity index (χ4n) is 3.58. The molecule has 0 aliphatic carbocycles. The Morgan fingerprint density at radius 2 is 2.21 bits per heavy atom. The Labute approximate surface area is 138 Å². The third kappa shape index (κ3) is 2.14. The molecule has 4 rings (SSSR count). The molecular weight excluding hydrogens is 304 g/mol. The van der Waals surface area contributed by atoms with Crippen molar-refractivity contribution in [3.05, 3.63) is 24.8 Å². The second-order valence-corrected chi connectivity index (χ2v) is 6.56. The molecule has 0 radical (unpaired) electrons. The predicted molar refractivity (Wildman–Crippen MR) is 89.1 cm³/mol. The molecule has 0 bridgehead atoms. The maximum atomic E-state index is 11.9. The highest BCUT2D eigenvalue weighted by Crippen LogP contribution is 2.34. The van der Waals surface area contributed by atoms with Crippen LogP contribution in [0.1, 0.15) is 26.2 Å². The third-order valence-corrected chi connectivity index (χ3v) is 5.10. The zero-order valence-corrected chi connectivity index (χ0v) is 13.5. The van der Waals surface area contributed by atoms with Crippen LogP contribution in [0.25, 0.3) is 22.1 Å². The molecule has 0 aromatic carbocycles. The minimum Gasteiger partial charge on any atom is -0.346 e. The number of likely N-dealkylation sites (tertiary alicyclic amines) is 1. The van der Waals surface area contributed by atoms with E-state index in [1.54, 1.807) is 11.1 Å². The van der Waals surface area contributed by atoms with Gasteiger partial charge in [0, 0.05) is 30.2 Å². The van der Waals surface area contributed by atoms with Crippen LogP contribution in [0, 0.1) is 11.3 Å².